The van der Waals surface area contributed by atoms with E-state index in [0.717, 1.165) is 32.1 Å². The van der Waals surface area contributed by atoms with E-state index in [1.165, 1.54) is 4.90 Å². The molecule has 8 nitrogen and oxygen atoms in total. The van der Waals surface area contributed by atoms with Gasteiger partial charge in [0.1, 0.15) is 5.60 Å². The smallest absolute Gasteiger partial charge is 0.306 e. The first-order valence-corrected chi connectivity index (χ1v) is 11.6. The highest BCUT2D eigenvalue weighted by molar-refractivity contribution is 6.06. The molecule has 0 aromatic rings. The number of nitrogens with zero attached hydrogens (tertiary/aromatic N) is 2. The molecule has 0 spiro atoms. The number of carbonyl (C=O) groups excluding carboxylic acids is 4. The van der Waals surface area contributed by atoms with E-state index in [-0.39, 0.29) is 66.6 Å². The highest BCUT2D eigenvalue weighted by atomic mass is 16.6. The van der Waals surface area contributed by atoms with Crippen LogP contribution in [0.3, 0.4) is 0 Å². The molecule has 3 amide bonds. The van der Waals surface area contributed by atoms with E-state index in [4.69, 9.17) is 9.47 Å². The van der Waals surface area contributed by atoms with Crippen molar-refractivity contribution in [2.24, 2.45) is 17.8 Å². The van der Waals surface area contributed by atoms with Crippen LogP contribution in [0.5, 0.6) is 0 Å². The van der Waals surface area contributed by atoms with Crippen LogP contribution < -0.4 is 0 Å². The Hall–Kier alpha value is -1.96. The lowest BCUT2D eigenvalue weighted by atomic mass is 9.81. The first-order valence-electron chi connectivity index (χ1n) is 11.6. The molecule has 0 aromatic carbocycles. The van der Waals surface area contributed by atoms with Crippen molar-refractivity contribution in [2.45, 2.75) is 83.5 Å². The van der Waals surface area contributed by atoms with Gasteiger partial charge in [0, 0.05) is 32.5 Å². The normalized spacial score (nSPS) is 32.9. The number of imide groups is 1. The second-order valence-electron chi connectivity index (χ2n) is 10.4. The Morgan fingerprint density at radius 1 is 1.00 bits per heavy atom. The number of rotatable bonds is 5. The molecule has 0 aromatic heterocycles. The van der Waals surface area contributed by atoms with Crippen molar-refractivity contribution in [3.63, 3.8) is 0 Å². The Morgan fingerprint density at radius 3 is 2.26 bits per heavy atom. The Kier molecular flexibility index (Phi) is 6.12. The molecule has 172 valence electrons. The van der Waals surface area contributed by atoms with E-state index in [2.05, 4.69) is 0 Å². The van der Waals surface area contributed by atoms with Crippen LogP contribution in [0.4, 0.5) is 0 Å². The number of fused-ring (bicyclic) bond motifs is 5. The molecule has 0 N–H and O–H groups in total. The Balaban J connectivity index is 1.25. The van der Waals surface area contributed by atoms with Crippen LogP contribution in [0.15, 0.2) is 0 Å². The Labute approximate surface area is 183 Å². The second-order valence-corrected chi connectivity index (χ2v) is 10.4. The van der Waals surface area contributed by atoms with Gasteiger partial charge in [-0.2, -0.15) is 0 Å². The van der Waals surface area contributed by atoms with Gasteiger partial charge < -0.3 is 14.4 Å². The average Bonchev–Trinajstić information content (AvgIpc) is 3.29. The zero-order chi connectivity index (χ0) is 22.3. The fourth-order valence-electron chi connectivity index (χ4n) is 5.60. The van der Waals surface area contributed by atoms with Crippen molar-refractivity contribution in [3.8, 4) is 0 Å². The minimum absolute atomic E-state index is 0.0326. The van der Waals surface area contributed by atoms with Gasteiger partial charge in [-0.05, 0) is 58.8 Å². The summed E-state index contributed by atoms with van der Waals surface area (Å²) in [5, 5.41) is 0. The molecule has 2 bridgehead atoms. The zero-order valence-corrected chi connectivity index (χ0v) is 18.8. The van der Waals surface area contributed by atoms with Crippen LogP contribution in [0.2, 0.25) is 0 Å². The highest BCUT2D eigenvalue weighted by Crippen LogP contribution is 2.48. The molecule has 4 heterocycles. The van der Waals surface area contributed by atoms with Gasteiger partial charge in [-0.3, -0.25) is 24.1 Å². The average molecular weight is 435 g/mol. The predicted octanol–water partition coefficient (Wildman–Crippen LogP) is 1.90. The third kappa shape index (κ3) is 4.64. The standard InChI is InChI=1S/C23H34N2O6/c1-23(2,3)31-18(27)13-14-5-4-10-24(11-8-14)17(26)9-12-25-21(28)19-15-6-7-16(30-15)20(19)22(25)29/h14-16,19-20H,4-13H2,1-3H3. The largest absolute Gasteiger partial charge is 0.460 e. The molecular formula is C23H34N2O6. The number of ether oxygens (including phenoxy) is 2. The molecule has 0 aliphatic carbocycles. The molecule has 0 saturated carbocycles. The lowest BCUT2D eigenvalue weighted by Crippen LogP contribution is -2.39. The summed E-state index contributed by atoms with van der Waals surface area (Å²) in [6.45, 7) is 6.98. The maximum Gasteiger partial charge on any atom is 0.306 e. The minimum Gasteiger partial charge on any atom is -0.460 e. The van der Waals surface area contributed by atoms with E-state index < -0.39 is 5.60 Å². The molecule has 5 atom stereocenters. The van der Waals surface area contributed by atoms with Gasteiger partial charge in [0.25, 0.3) is 0 Å². The van der Waals surface area contributed by atoms with Gasteiger partial charge in [0.2, 0.25) is 17.7 Å². The maximum atomic E-state index is 12.8. The number of hydrogen-bond acceptors (Lipinski definition) is 6. The van der Waals surface area contributed by atoms with Crippen LogP contribution in [0, 0.1) is 17.8 Å². The summed E-state index contributed by atoms with van der Waals surface area (Å²) in [6, 6.07) is 0. The van der Waals surface area contributed by atoms with Crippen molar-refractivity contribution < 1.29 is 28.7 Å². The van der Waals surface area contributed by atoms with E-state index in [1.54, 1.807) is 0 Å². The summed E-state index contributed by atoms with van der Waals surface area (Å²) < 4.78 is 11.2. The van der Waals surface area contributed by atoms with Crippen molar-refractivity contribution in [3.05, 3.63) is 0 Å². The summed E-state index contributed by atoms with van der Waals surface area (Å²) in [4.78, 5) is 53.5. The number of carbonyl (C=O) groups is 4. The van der Waals surface area contributed by atoms with Gasteiger partial charge in [-0.15, -0.1) is 0 Å². The number of hydrogen-bond donors (Lipinski definition) is 0. The molecular weight excluding hydrogens is 400 g/mol. The molecule has 31 heavy (non-hydrogen) atoms. The second kappa shape index (κ2) is 8.52. The summed E-state index contributed by atoms with van der Waals surface area (Å²) in [5.74, 6) is -1.02. The quantitative estimate of drug-likeness (QED) is 0.485. The molecule has 4 aliphatic rings. The SMILES string of the molecule is CC(C)(C)OC(=O)CC1CCCN(C(=O)CCN2C(=O)C3C4CCC(O4)C3C2=O)CC1. The third-order valence-electron chi connectivity index (χ3n) is 7.00. The van der Waals surface area contributed by atoms with Crippen molar-refractivity contribution in [1.82, 2.24) is 9.80 Å². The fraction of sp³-hybridized carbons (Fsp3) is 0.826. The van der Waals surface area contributed by atoms with Gasteiger partial charge in [0.05, 0.1) is 24.0 Å². The van der Waals surface area contributed by atoms with E-state index >= 15 is 0 Å². The molecule has 4 aliphatic heterocycles. The number of amides is 3. The van der Waals surface area contributed by atoms with E-state index in [1.807, 2.05) is 25.7 Å². The Morgan fingerprint density at radius 2 is 1.65 bits per heavy atom. The van der Waals surface area contributed by atoms with Crippen LogP contribution in [0.25, 0.3) is 0 Å². The van der Waals surface area contributed by atoms with Gasteiger partial charge >= 0.3 is 5.97 Å². The van der Waals surface area contributed by atoms with Crippen molar-refractivity contribution >= 4 is 23.7 Å². The van der Waals surface area contributed by atoms with Crippen LogP contribution in [-0.4, -0.2) is 70.9 Å². The number of esters is 1. The molecule has 4 fully saturated rings. The van der Waals surface area contributed by atoms with Gasteiger partial charge in [0.15, 0.2) is 0 Å². The molecule has 5 unspecified atom stereocenters. The highest BCUT2D eigenvalue weighted by Gasteiger charge is 2.62. The van der Waals surface area contributed by atoms with Crippen LogP contribution in [0.1, 0.15) is 65.7 Å². The lowest BCUT2D eigenvalue weighted by Gasteiger charge is -2.23. The van der Waals surface area contributed by atoms with Gasteiger partial charge in [-0.25, -0.2) is 0 Å². The van der Waals surface area contributed by atoms with Crippen molar-refractivity contribution in [1.29, 1.82) is 0 Å². The lowest BCUT2D eigenvalue weighted by molar-refractivity contribution is -0.156. The summed E-state index contributed by atoms with van der Waals surface area (Å²) >= 11 is 0. The maximum absolute atomic E-state index is 12.8. The fourth-order valence-corrected chi connectivity index (χ4v) is 5.60. The van der Waals surface area contributed by atoms with Crippen LogP contribution >= 0.6 is 0 Å². The van der Waals surface area contributed by atoms with E-state index in [0.29, 0.717) is 19.5 Å². The van der Waals surface area contributed by atoms with E-state index in [9.17, 15) is 19.2 Å². The minimum atomic E-state index is -0.488. The monoisotopic (exact) mass is 434 g/mol. The first kappa shape index (κ1) is 22.2. The number of likely N-dealkylation sites (tertiary alicyclic amines) is 2. The summed E-state index contributed by atoms with van der Waals surface area (Å²) in [7, 11) is 0. The molecule has 4 saturated heterocycles. The van der Waals surface area contributed by atoms with Crippen LogP contribution in [-0.2, 0) is 28.7 Å². The predicted molar refractivity (Wildman–Crippen MR) is 111 cm³/mol. The Bertz CT molecular complexity index is 732. The zero-order valence-electron chi connectivity index (χ0n) is 18.8. The third-order valence-corrected chi connectivity index (χ3v) is 7.00. The molecule has 4 rings (SSSR count). The summed E-state index contributed by atoms with van der Waals surface area (Å²) in [6.07, 6.45) is 4.46. The first-order chi connectivity index (χ1) is 14.6. The van der Waals surface area contributed by atoms with Crippen molar-refractivity contribution in [2.75, 3.05) is 19.6 Å². The summed E-state index contributed by atoms with van der Waals surface area (Å²) in [5.41, 5.74) is -0.488. The molecule has 0 radical (unpaired) electrons. The van der Waals surface area contributed by atoms with Gasteiger partial charge in [-0.1, -0.05) is 0 Å². The molecule has 8 heteroatoms. The topological polar surface area (TPSA) is 93.2 Å².